The first-order valence-corrected chi connectivity index (χ1v) is 9.22. The summed E-state index contributed by atoms with van der Waals surface area (Å²) in [6, 6.07) is 9.19. The van der Waals surface area contributed by atoms with Crippen LogP contribution in [0.25, 0.3) is 6.08 Å². The van der Waals surface area contributed by atoms with Crippen molar-refractivity contribution in [2.24, 2.45) is 0 Å². The molecule has 1 aromatic rings. The van der Waals surface area contributed by atoms with Gasteiger partial charge < -0.3 is 14.4 Å². The second kappa shape index (κ2) is 11.9. The Kier molecular flexibility index (Phi) is 9.58. The van der Waals surface area contributed by atoms with Gasteiger partial charge in [0.05, 0.1) is 13.1 Å². The summed E-state index contributed by atoms with van der Waals surface area (Å²) in [5, 5.41) is 17.9. The molecule has 0 N–H and O–H groups in total. The van der Waals surface area contributed by atoms with Gasteiger partial charge in [0.15, 0.2) is 0 Å². The zero-order valence-corrected chi connectivity index (χ0v) is 17.5. The SMILES string of the molecule is C=C(C)C(=O)OCCN(CCOC(=O)C(=C)C)c1ccc(C=C(C#N)C#N)c(C)c1. The van der Waals surface area contributed by atoms with Gasteiger partial charge in [0.2, 0.25) is 0 Å². The molecule has 1 aromatic carbocycles. The van der Waals surface area contributed by atoms with Crippen LogP contribution in [0, 0.1) is 29.6 Å². The first-order valence-electron chi connectivity index (χ1n) is 9.22. The Balaban J connectivity index is 2.99. The molecule has 156 valence electrons. The van der Waals surface area contributed by atoms with Gasteiger partial charge in [-0.2, -0.15) is 10.5 Å². The molecule has 0 atom stereocenters. The van der Waals surface area contributed by atoms with Gasteiger partial charge >= 0.3 is 11.9 Å². The summed E-state index contributed by atoms with van der Waals surface area (Å²) in [4.78, 5) is 25.1. The van der Waals surface area contributed by atoms with Gasteiger partial charge in [0, 0.05) is 16.8 Å². The quantitative estimate of drug-likeness (QED) is 0.332. The van der Waals surface area contributed by atoms with Crippen molar-refractivity contribution in [1.82, 2.24) is 0 Å². The highest BCUT2D eigenvalue weighted by atomic mass is 16.5. The summed E-state index contributed by atoms with van der Waals surface area (Å²) in [6.07, 6.45) is 1.52. The maximum Gasteiger partial charge on any atom is 0.333 e. The van der Waals surface area contributed by atoms with Gasteiger partial charge in [-0.15, -0.1) is 0 Å². The largest absolute Gasteiger partial charge is 0.460 e. The summed E-state index contributed by atoms with van der Waals surface area (Å²) >= 11 is 0. The molecule has 0 aromatic heterocycles. The third-order valence-corrected chi connectivity index (χ3v) is 4.04. The molecule has 0 saturated carbocycles. The zero-order valence-electron chi connectivity index (χ0n) is 17.5. The van der Waals surface area contributed by atoms with Crippen LogP contribution < -0.4 is 4.90 Å². The van der Waals surface area contributed by atoms with Crippen LogP contribution in [0.4, 0.5) is 5.69 Å². The highest BCUT2D eigenvalue weighted by Gasteiger charge is 2.12. The standard InChI is InChI=1S/C23H25N3O4/c1-16(2)22(27)29-10-8-26(9-11-30-23(28)17(3)4)21-7-6-20(18(5)12-21)13-19(14-24)15-25/h6-7,12-13H,1,3,8-11H2,2,4-5H3. The van der Waals surface area contributed by atoms with Crippen molar-refractivity contribution >= 4 is 23.7 Å². The number of nitriles is 2. The molecule has 30 heavy (non-hydrogen) atoms. The lowest BCUT2D eigenvalue weighted by atomic mass is 10.0. The number of hydrogen-bond donors (Lipinski definition) is 0. The molecule has 0 fully saturated rings. The zero-order chi connectivity index (χ0) is 22.7. The molecule has 0 aliphatic rings. The van der Waals surface area contributed by atoms with Gasteiger partial charge in [0.25, 0.3) is 0 Å². The number of anilines is 1. The lowest BCUT2D eigenvalue weighted by Crippen LogP contribution is -2.32. The normalized spacial score (nSPS) is 9.50. The van der Waals surface area contributed by atoms with Crippen LogP contribution in [-0.2, 0) is 19.1 Å². The minimum Gasteiger partial charge on any atom is -0.460 e. The maximum absolute atomic E-state index is 11.6. The van der Waals surface area contributed by atoms with Crippen molar-refractivity contribution in [2.75, 3.05) is 31.2 Å². The smallest absolute Gasteiger partial charge is 0.333 e. The highest BCUT2D eigenvalue weighted by Crippen LogP contribution is 2.21. The van der Waals surface area contributed by atoms with E-state index in [4.69, 9.17) is 20.0 Å². The Bertz CT molecular complexity index is 900. The Labute approximate surface area is 177 Å². The molecule has 0 radical (unpaired) electrons. The highest BCUT2D eigenvalue weighted by molar-refractivity contribution is 5.87. The third kappa shape index (κ3) is 7.65. The maximum atomic E-state index is 11.6. The fourth-order valence-electron chi connectivity index (χ4n) is 2.38. The molecule has 0 aliphatic carbocycles. The number of allylic oxidation sites excluding steroid dienone is 1. The molecule has 7 nitrogen and oxygen atoms in total. The number of rotatable bonds is 10. The van der Waals surface area contributed by atoms with Crippen LogP contribution in [-0.4, -0.2) is 38.2 Å². The predicted molar refractivity (Wildman–Crippen MR) is 114 cm³/mol. The Hall–Kier alpha value is -3.84. The molecule has 0 unspecified atom stereocenters. The first kappa shape index (κ1) is 24.2. The summed E-state index contributed by atoms with van der Waals surface area (Å²) in [5.41, 5.74) is 3.07. The molecule has 0 saturated heterocycles. The monoisotopic (exact) mass is 407 g/mol. The van der Waals surface area contributed by atoms with E-state index in [0.29, 0.717) is 24.2 Å². The second-order valence-corrected chi connectivity index (χ2v) is 6.64. The number of benzene rings is 1. The predicted octanol–water partition coefficient (Wildman–Crippen LogP) is 3.47. The number of hydrogen-bond acceptors (Lipinski definition) is 7. The number of esters is 2. The average molecular weight is 407 g/mol. The molecule has 1 rings (SSSR count). The molecular weight excluding hydrogens is 382 g/mol. The number of aryl methyl sites for hydroxylation is 1. The molecule has 0 bridgehead atoms. The van der Waals surface area contributed by atoms with Gasteiger partial charge in [-0.05, 0) is 50.1 Å². The lowest BCUT2D eigenvalue weighted by molar-refractivity contribution is -0.139. The minimum atomic E-state index is -0.471. The van der Waals surface area contributed by atoms with Crippen molar-refractivity contribution in [3.05, 3.63) is 59.2 Å². The van der Waals surface area contributed by atoms with Gasteiger partial charge in [-0.3, -0.25) is 0 Å². The van der Waals surface area contributed by atoms with E-state index in [1.54, 1.807) is 19.9 Å². The van der Waals surface area contributed by atoms with E-state index in [9.17, 15) is 9.59 Å². The lowest BCUT2D eigenvalue weighted by Gasteiger charge is -2.25. The third-order valence-electron chi connectivity index (χ3n) is 4.04. The fraction of sp³-hybridized carbons (Fsp3) is 0.304. The summed E-state index contributed by atoms with van der Waals surface area (Å²) in [5.74, 6) is -0.943. The number of ether oxygens (including phenoxy) is 2. The average Bonchev–Trinajstić information content (AvgIpc) is 2.71. The van der Waals surface area contributed by atoms with Crippen LogP contribution in [0.1, 0.15) is 25.0 Å². The van der Waals surface area contributed by atoms with E-state index in [1.165, 1.54) is 6.08 Å². The number of nitrogens with zero attached hydrogens (tertiary/aromatic N) is 3. The number of carbonyl (C=O) groups is 2. The summed E-state index contributed by atoms with van der Waals surface area (Å²) in [6.45, 7) is 13.1. The van der Waals surface area contributed by atoms with Crippen molar-refractivity contribution in [1.29, 1.82) is 10.5 Å². The van der Waals surface area contributed by atoms with E-state index < -0.39 is 11.9 Å². The van der Waals surface area contributed by atoms with Gasteiger partial charge in [-0.25, -0.2) is 9.59 Å². The van der Waals surface area contributed by atoms with Crippen molar-refractivity contribution in [3.63, 3.8) is 0 Å². The van der Waals surface area contributed by atoms with E-state index in [1.807, 2.05) is 36.1 Å². The topological polar surface area (TPSA) is 103 Å². The van der Waals surface area contributed by atoms with Crippen LogP contribution in [0.2, 0.25) is 0 Å². The molecule has 0 spiro atoms. The molecule has 0 amide bonds. The van der Waals surface area contributed by atoms with Crippen LogP contribution in [0.3, 0.4) is 0 Å². The van der Waals surface area contributed by atoms with Gasteiger partial charge in [0.1, 0.15) is 30.9 Å². The molecule has 0 heterocycles. The molecular formula is C23H25N3O4. The van der Waals surface area contributed by atoms with Crippen LogP contribution in [0.5, 0.6) is 0 Å². The minimum absolute atomic E-state index is 0.0149. The molecule has 7 heteroatoms. The van der Waals surface area contributed by atoms with Crippen LogP contribution in [0.15, 0.2) is 48.1 Å². The second-order valence-electron chi connectivity index (χ2n) is 6.64. The van der Waals surface area contributed by atoms with E-state index in [2.05, 4.69) is 13.2 Å². The van der Waals surface area contributed by atoms with E-state index in [-0.39, 0.29) is 18.8 Å². The fourth-order valence-corrected chi connectivity index (χ4v) is 2.38. The van der Waals surface area contributed by atoms with Crippen molar-refractivity contribution in [3.8, 4) is 12.1 Å². The summed E-state index contributed by atoms with van der Waals surface area (Å²) < 4.78 is 10.3. The molecule has 0 aliphatic heterocycles. The first-order chi connectivity index (χ1) is 14.2. The van der Waals surface area contributed by atoms with Gasteiger partial charge in [-0.1, -0.05) is 19.2 Å². The van der Waals surface area contributed by atoms with Crippen LogP contribution >= 0.6 is 0 Å². The Morgan fingerprint density at radius 2 is 1.53 bits per heavy atom. The Morgan fingerprint density at radius 3 is 1.93 bits per heavy atom. The van der Waals surface area contributed by atoms with Crippen molar-refractivity contribution < 1.29 is 19.1 Å². The van der Waals surface area contributed by atoms with Crippen molar-refractivity contribution in [2.45, 2.75) is 20.8 Å². The van der Waals surface area contributed by atoms with E-state index in [0.717, 1.165) is 16.8 Å². The number of carbonyl (C=O) groups excluding carboxylic acids is 2. The Morgan fingerprint density at radius 1 is 1.03 bits per heavy atom. The summed E-state index contributed by atoms with van der Waals surface area (Å²) in [7, 11) is 0. The van der Waals surface area contributed by atoms with E-state index >= 15 is 0 Å².